The molecule has 0 atom stereocenters. The summed E-state index contributed by atoms with van der Waals surface area (Å²) >= 11 is 0. The van der Waals surface area contributed by atoms with Crippen molar-refractivity contribution >= 4 is 24.2 Å². The summed E-state index contributed by atoms with van der Waals surface area (Å²) < 4.78 is 0. The first kappa shape index (κ1) is 22.2. The van der Waals surface area contributed by atoms with E-state index in [0.717, 1.165) is 0 Å². The Morgan fingerprint density at radius 1 is 0.724 bits per heavy atom. The molecule has 1 heterocycles. The summed E-state index contributed by atoms with van der Waals surface area (Å²) in [5, 5.41) is 29.9. The van der Waals surface area contributed by atoms with Crippen molar-refractivity contribution in [3.8, 4) is 11.5 Å². The van der Waals surface area contributed by atoms with E-state index in [0.29, 0.717) is 24.2 Å². The van der Waals surface area contributed by atoms with Crippen LogP contribution < -0.4 is 20.8 Å². The molecule has 29 heavy (non-hydrogen) atoms. The molecule has 4 bridgehead atoms. The van der Waals surface area contributed by atoms with Crippen molar-refractivity contribution in [2.75, 3.05) is 26.2 Å². The van der Waals surface area contributed by atoms with E-state index >= 15 is 0 Å². The number of para-hydroxylation sites is 2. The third-order valence-electron chi connectivity index (χ3n) is 4.10. The molecule has 2 amide bonds. The van der Waals surface area contributed by atoms with E-state index in [1.165, 1.54) is 24.6 Å². The molecule has 0 saturated carbocycles. The van der Waals surface area contributed by atoms with Crippen LogP contribution in [-0.2, 0) is 19.5 Å². The van der Waals surface area contributed by atoms with Crippen molar-refractivity contribution in [2.24, 2.45) is 9.98 Å². The summed E-state index contributed by atoms with van der Waals surface area (Å²) in [6, 6.07) is 9.26. The first-order chi connectivity index (χ1) is 13.6. The minimum Gasteiger partial charge on any atom is -0.871 e. The van der Waals surface area contributed by atoms with Crippen molar-refractivity contribution < 1.29 is 39.3 Å². The molecule has 3 rings (SSSR count). The number of carbonyl (C=O) groups is 2. The fraction of sp³-hybridized carbons (Fsp3) is 0.200. The largest absolute Gasteiger partial charge is 2.00 e. The zero-order chi connectivity index (χ0) is 19.9. The van der Waals surface area contributed by atoms with Gasteiger partial charge in [0.15, 0.2) is 0 Å². The van der Waals surface area contributed by atoms with Gasteiger partial charge < -0.3 is 20.8 Å². The van der Waals surface area contributed by atoms with Crippen LogP contribution in [0.25, 0.3) is 0 Å². The summed E-state index contributed by atoms with van der Waals surface area (Å²) in [7, 11) is 0. The van der Waals surface area contributed by atoms with E-state index in [2.05, 4.69) is 20.6 Å². The van der Waals surface area contributed by atoms with Crippen molar-refractivity contribution in [3.63, 3.8) is 0 Å². The Hall–Kier alpha value is -3.06. The molecule has 0 fully saturated rings. The van der Waals surface area contributed by atoms with E-state index in [9.17, 15) is 19.8 Å². The van der Waals surface area contributed by atoms with Crippen LogP contribution in [0.2, 0.25) is 0 Å². The molecule has 2 aromatic carbocycles. The summed E-state index contributed by atoms with van der Waals surface area (Å²) in [4.78, 5) is 32.8. The van der Waals surface area contributed by atoms with Crippen LogP contribution in [-0.4, -0.2) is 50.4 Å². The Labute approximate surface area is 180 Å². The van der Waals surface area contributed by atoms with Crippen molar-refractivity contribution in [3.05, 3.63) is 58.7 Å². The van der Waals surface area contributed by atoms with Crippen LogP contribution in [0.5, 0.6) is 11.5 Å². The molecule has 9 heteroatoms. The van der Waals surface area contributed by atoms with Gasteiger partial charge >= 0.3 is 19.5 Å². The molecule has 0 saturated heterocycles. The molecule has 1 aliphatic rings. The van der Waals surface area contributed by atoms with Gasteiger partial charge in [-0.15, -0.1) is 0 Å². The number of nitrogens with zero attached hydrogens (tertiary/aromatic N) is 2. The van der Waals surface area contributed by atoms with Gasteiger partial charge in [-0.2, -0.15) is 0 Å². The number of benzene rings is 2. The number of nitrogens with one attached hydrogen (secondary N) is 2. The van der Waals surface area contributed by atoms with Gasteiger partial charge in [0.05, 0.1) is 13.1 Å². The molecule has 0 aliphatic carbocycles. The molecule has 2 N–H and O–H groups in total. The van der Waals surface area contributed by atoms with Crippen molar-refractivity contribution in [2.45, 2.75) is 0 Å². The van der Waals surface area contributed by atoms with E-state index in [1.54, 1.807) is 24.3 Å². The SMILES string of the molecule is O=C1NCCNC(=O)c2cccc(c2[O-])C=NCCN=Cc2cccc1c2[O-].[Zn+2]. The Kier molecular flexibility index (Phi) is 8.03. The number of amides is 2. The molecule has 144 valence electrons. The van der Waals surface area contributed by atoms with Gasteiger partial charge in [0.1, 0.15) is 0 Å². The fourth-order valence-electron chi connectivity index (χ4n) is 2.65. The maximum Gasteiger partial charge on any atom is 2.00 e. The van der Waals surface area contributed by atoms with Crippen molar-refractivity contribution in [1.82, 2.24) is 10.6 Å². The van der Waals surface area contributed by atoms with Crippen LogP contribution in [0.1, 0.15) is 31.8 Å². The van der Waals surface area contributed by atoms with Crippen LogP contribution >= 0.6 is 0 Å². The fourth-order valence-corrected chi connectivity index (χ4v) is 2.65. The second-order valence-electron chi connectivity index (χ2n) is 6.03. The summed E-state index contributed by atoms with van der Waals surface area (Å²) in [6.45, 7) is 0.830. The van der Waals surface area contributed by atoms with Gasteiger partial charge in [-0.25, -0.2) is 0 Å². The predicted octanol–water partition coefficient (Wildman–Crippen LogP) is -0.157. The number of rotatable bonds is 0. The summed E-state index contributed by atoms with van der Waals surface area (Å²) in [5.41, 5.74) is 0.620. The molecule has 0 unspecified atom stereocenters. The third kappa shape index (κ3) is 5.48. The second kappa shape index (κ2) is 10.5. The molecule has 2 aromatic rings. The normalized spacial score (nSPS) is 14.8. The Bertz CT molecular complexity index is 882. The van der Waals surface area contributed by atoms with Gasteiger partial charge in [-0.3, -0.25) is 19.6 Å². The average molecular weight is 444 g/mol. The van der Waals surface area contributed by atoms with Gasteiger partial charge in [0, 0.05) is 36.6 Å². The maximum atomic E-state index is 12.4. The zero-order valence-electron chi connectivity index (χ0n) is 15.7. The first-order valence-electron chi connectivity index (χ1n) is 8.74. The van der Waals surface area contributed by atoms with Crippen LogP contribution in [0.3, 0.4) is 0 Å². The smallest absolute Gasteiger partial charge is 0.871 e. The first-order valence-corrected chi connectivity index (χ1v) is 8.74. The molecule has 1 aliphatic heterocycles. The standard InChI is InChI=1S/C20H20N4O4.Zn/c25-17-13-3-1-5-15(17)19(27)23-9-10-24-20(28)16-6-2-4-14(18(16)26)12-22-8-7-21-11-13;/h1-6,11-12,25-26H,7-10H2,(H,23,27)(H,24,28);/q;+2/p-2. The number of hydrogen-bond acceptors (Lipinski definition) is 6. The molecular weight excluding hydrogens is 426 g/mol. The van der Waals surface area contributed by atoms with E-state index in [1.807, 2.05) is 0 Å². The Morgan fingerprint density at radius 3 is 1.55 bits per heavy atom. The van der Waals surface area contributed by atoms with Crippen molar-refractivity contribution in [1.29, 1.82) is 0 Å². The van der Waals surface area contributed by atoms with Gasteiger partial charge in [-0.1, -0.05) is 47.9 Å². The van der Waals surface area contributed by atoms with Gasteiger partial charge in [0.25, 0.3) is 11.8 Å². The molecule has 0 aromatic heterocycles. The number of hydrogen-bond donors (Lipinski definition) is 2. The number of aliphatic imine (C=N–C) groups is 2. The average Bonchev–Trinajstić information content (AvgIpc) is 2.69. The quantitative estimate of drug-likeness (QED) is 0.548. The Morgan fingerprint density at radius 2 is 1.14 bits per heavy atom. The topological polar surface area (TPSA) is 129 Å². The molecule has 0 spiro atoms. The predicted molar refractivity (Wildman–Crippen MR) is 101 cm³/mol. The number of carbonyl (C=O) groups excluding carboxylic acids is 2. The van der Waals surface area contributed by atoms with Crippen LogP contribution in [0.15, 0.2) is 46.4 Å². The third-order valence-corrected chi connectivity index (χ3v) is 4.10. The minimum absolute atomic E-state index is 0. The minimum atomic E-state index is -0.535. The van der Waals surface area contributed by atoms with E-state index in [-0.39, 0.29) is 43.7 Å². The van der Waals surface area contributed by atoms with Gasteiger partial charge in [0.2, 0.25) is 0 Å². The summed E-state index contributed by atoms with van der Waals surface area (Å²) in [6.07, 6.45) is 2.83. The van der Waals surface area contributed by atoms with Crippen LogP contribution in [0, 0.1) is 0 Å². The number of fused-ring (bicyclic) bond motifs is 4. The van der Waals surface area contributed by atoms with E-state index < -0.39 is 23.3 Å². The Balaban J connectivity index is 0.00000300. The zero-order valence-corrected chi connectivity index (χ0v) is 18.6. The maximum absolute atomic E-state index is 12.4. The molecule has 8 nitrogen and oxygen atoms in total. The molecule has 0 radical (unpaired) electrons. The monoisotopic (exact) mass is 442 g/mol. The van der Waals surface area contributed by atoms with Gasteiger partial charge in [-0.05, 0) is 11.1 Å². The van der Waals surface area contributed by atoms with Crippen LogP contribution in [0.4, 0.5) is 0 Å². The second-order valence-corrected chi connectivity index (χ2v) is 6.03. The van der Waals surface area contributed by atoms with E-state index in [4.69, 9.17) is 0 Å². The molecular formula is C20H18N4O4Zn. The summed E-state index contributed by atoms with van der Waals surface area (Å²) in [5.74, 6) is -1.90.